The van der Waals surface area contributed by atoms with Crippen molar-refractivity contribution in [3.63, 3.8) is 0 Å². The summed E-state index contributed by atoms with van der Waals surface area (Å²) in [7, 11) is 0. The standard InChI is InChI=1S/C3H6N2O2/c1-2(5-4)3(6)7/h4H2,1H3,(H,6,7)/b5-2+. The van der Waals surface area contributed by atoms with Gasteiger partial charge in [0.25, 0.3) is 0 Å². The molecule has 4 heteroatoms. The van der Waals surface area contributed by atoms with E-state index in [9.17, 15) is 4.79 Å². The van der Waals surface area contributed by atoms with Crippen molar-refractivity contribution in [2.75, 3.05) is 0 Å². The Kier molecular flexibility index (Phi) is 1.84. The summed E-state index contributed by atoms with van der Waals surface area (Å²) in [5.41, 5.74) is -0.0833. The highest BCUT2D eigenvalue weighted by Gasteiger charge is 1.97. The van der Waals surface area contributed by atoms with Crippen molar-refractivity contribution in [2.45, 2.75) is 6.92 Å². The SMILES string of the molecule is C/C(=N\N)C(=O)O. The van der Waals surface area contributed by atoms with Crippen LogP contribution < -0.4 is 5.84 Å². The molecule has 0 aromatic rings. The molecule has 0 bridgehead atoms. The number of hydrazone groups is 1. The molecule has 0 spiro atoms. The van der Waals surface area contributed by atoms with E-state index < -0.39 is 5.97 Å². The fourth-order valence-electron chi connectivity index (χ4n) is 0.0552. The van der Waals surface area contributed by atoms with E-state index in [1.54, 1.807) is 0 Å². The van der Waals surface area contributed by atoms with Crippen LogP contribution in [0.4, 0.5) is 0 Å². The summed E-state index contributed by atoms with van der Waals surface area (Å²) in [5.74, 6) is 3.50. The first-order chi connectivity index (χ1) is 3.18. The number of aliphatic carboxylic acids is 1. The first-order valence-electron chi connectivity index (χ1n) is 1.66. The van der Waals surface area contributed by atoms with Crippen molar-refractivity contribution in [1.29, 1.82) is 0 Å². The second kappa shape index (κ2) is 2.17. The average molecular weight is 102 g/mol. The lowest BCUT2D eigenvalue weighted by molar-refractivity contribution is -0.129. The van der Waals surface area contributed by atoms with Gasteiger partial charge in [-0.1, -0.05) is 0 Å². The molecule has 0 fully saturated rings. The van der Waals surface area contributed by atoms with E-state index in [1.165, 1.54) is 6.92 Å². The van der Waals surface area contributed by atoms with Crippen LogP contribution in [0.5, 0.6) is 0 Å². The first kappa shape index (κ1) is 5.94. The third-order valence-electron chi connectivity index (χ3n) is 0.503. The molecule has 4 nitrogen and oxygen atoms in total. The fraction of sp³-hybridized carbons (Fsp3) is 0.333. The zero-order chi connectivity index (χ0) is 5.86. The molecule has 0 aromatic heterocycles. The topological polar surface area (TPSA) is 75.7 Å². The maximum Gasteiger partial charge on any atom is 0.351 e. The monoisotopic (exact) mass is 102 g/mol. The van der Waals surface area contributed by atoms with Gasteiger partial charge in [-0.25, -0.2) is 4.79 Å². The van der Waals surface area contributed by atoms with E-state index in [2.05, 4.69) is 10.9 Å². The number of hydrogen-bond donors (Lipinski definition) is 2. The maximum atomic E-state index is 9.72. The number of nitrogens with zero attached hydrogens (tertiary/aromatic N) is 1. The van der Waals surface area contributed by atoms with Crippen molar-refractivity contribution >= 4 is 11.7 Å². The van der Waals surface area contributed by atoms with Gasteiger partial charge in [-0.05, 0) is 6.92 Å². The molecule has 0 unspecified atom stereocenters. The average Bonchev–Trinajstić information content (AvgIpc) is 1.65. The minimum atomic E-state index is -1.08. The number of carboxylic acid groups (broad SMARTS) is 1. The van der Waals surface area contributed by atoms with Crippen LogP contribution in [0, 0.1) is 0 Å². The van der Waals surface area contributed by atoms with Crippen LogP contribution in [-0.4, -0.2) is 16.8 Å². The highest BCUT2D eigenvalue weighted by atomic mass is 16.4. The summed E-state index contributed by atoms with van der Waals surface area (Å²) in [4.78, 5) is 9.72. The Balaban J connectivity index is 3.82. The van der Waals surface area contributed by atoms with Gasteiger partial charge in [-0.15, -0.1) is 0 Å². The predicted octanol–water partition coefficient (Wildman–Crippen LogP) is -0.594. The van der Waals surface area contributed by atoms with Gasteiger partial charge in [0, 0.05) is 0 Å². The van der Waals surface area contributed by atoms with Gasteiger partial charge in [-0.3, -0.25) is 0 Å². The summed E-state index contributed by atoms with van der Waals surface area (Å²) >= 11 is 0. The Morgan fingerprint density at radius 3 is 2.29 bits per heavy atom. The second-order valence-corrected chi connectivity index (χ2v) is 1.02. The molecule has 40 valence electrons. The molecule has 7 heavy (non-hydrogen) atoms. The Labute approximate surface area is 40.6 Å². The van der Waals surface area contributed by atoms with Crippen molar-refractivity contribution in [3.05, 3.63) is 0 Å². The highest BCUT2D eigenvalue weighted by molar-refractivity contribution is 6.34. The van der Waals surface area contributed by atoms with Gasteiger partial charge in [-0.2, -0.15) is 5.10 Å². The third-order valence-corrected chi connectivity index (χ3v) is 0.503. The molecular weight excluding hydrogens is 96.0 g/mol. The Morgan fingerprint density at radius 1 is 1.86 bits per heavy atom. The van der Waals surface area contributed by atoms with Gasteiger partial charge < -0.3 is 10.9 Å². The van der Waals surface area contributed by atoms with Crippen LogP contribution in [0.15, 0.2) is 5.10 Å². The lowest BCUT2D eigenvalue weighted by Gasteiger charge is -1.82. The van der Waals surface area contributed by atoms with Crippen molar-refractivity contribution < 1.29 is 9.90 Å². The molecule has 0 aliphatic heterocycles. The summed E-state index contributed by atoms with van der Waals surface area (Å²) in [6.45, 7) is 1.32. The normalized spacial score (nSPS) is 11.3. The highest BCUT2D eigenvalue weighted by Crippen LogP contribution is 1.68. The fourth-order valence-corrected chi connectivity index (χ4v) is 0.0552. The van der Waals surface area contributed by atoms with Gasteiger partial charge in [0.05, 0.1) is 0 Å². The lowest BCUT2D eigenvalue weighted by Crippen LogP contribution is -2.09. The van der Waals surface area contributed by atoms with Crippen LogP contribution in [0.1, 0.15) is 6.92 Å². The van der Waals surface area contributed by atoms with E-state index in [0.29, 0.717) is 0 Å². The van der Waals surface area contributed by atoms with Crippen LogP contribution in [-0.2, 0) is 4.79 Å². The van der Waals surface area contributed by atoms with E-state index in [0.717, 1.165) is 0 Å². The minimum Gasteiger partial charge on any atom is -0.477 e. The maximum absolute atomic E-state index is 9.72. The molecule has 0 saturated carbocycles. The minimum absolute atomic E-state index is 0.0833. The van der Waals surface area contributed by atoms with Gasteiger partial charge in [0.15, 0.2) is 0 Å². The molecule has 0 aliphatic carbocycles. The number of carbonyl (C=O) groups is 1. The zero-order valence-electron chi connectivity index (χ0n) is 3.88. The third kappa shape index (κ3) is 1.75. The van der Waals surface area contributed by atoms with Gasteiger partial charge in [0.1, 0.15) is 5.71 Å². The number of hydrogen-bond acceptors (Lipinski definition) is 3. The van der Waals surface area contributed by atoms with Crippen molar-refractivity contribution in [3.8, 4) is 0 Å². The number of rotatable bonds is 1. The molecular formula is C3H6N2O2. The Bertz CT molecular complexity index is 108. The zero-order valence-corrected chi connectivity index (χ0v) is 3.88. The van der Waals surface area contributed by atoms with Gasteiger partial charge >= 0.3 is 5.97 Å². The Morgan fingerprint density at radius 2 is 2.29 bits per heavy atom. The van der Waals surface area contributed by atoms with Crippen molar-refractivity contribution in [1.82, 2.24) is 0 Å². The molecule has 0 aliphatic rings. The van der Waals surface area contributed by atoms with E-state index >= 15 is 0 Å². The van der Waals surface area contributed by atoms with E-state index in [4.69, 9.17) is 5.11 Å². The van der Waals surface area contributed by atoms with Crippen LogP contribution >= 0.6 is 0 Å². The van der Waals surface area contributed by atoms with Gasteiger partial charge in [0.2, 0.25) is 0 Å². The number of nitrogens with two attached hydrogens (primary N) is 1. The van der Waals surface area contributed by atoms with Crippen molar-refractivity contribution in [2.24, 2.45) is 10.9 Å². The smallest absolute Gasteiger partial charge is 0.351 e. The molecule has 0 aromatic carbocycles. The number of carboxylic acids is 1. The van der Waals surface area contributed by atoms with Crippen LogP contribution in [0.2, 0.25) is 0 Å². The van der Waals surface area contributed by atoms with E-state index in [-0.39, 0.29) is 5.71 Å². The quantitative estimate of drug-likeness (QED) is 0.264. The first-order valence-corrected chi connectivity index (χ1v) is 1.66. The molecule has 0 saturated heterocycles. The summed E-state index contributed by atoms with van der Waals surface area (Å²) in [6.07, 6.45) is 0. The predicted molar refractivity (Wildman–Crippen MR) is 24.9 cm³/mol. The van der Waals surface area contributed by atoms with Crippen LogP contribution in [0.3, 0.4) is 0 Å². The molecule has 0 radical (unpaired) electrons. The lowest BCUT2D eigenvalue weighted by atomic mass is 10.4. The molecule has 0 rings (SSSR count). The molecule has 0 heterocycles. The molecule has 0 amide bonds. The summed E-state index contributed by atoms with van der Waals surface area (Å²) in [6, 6.07) is 0. The van der Waals surface area contributed by atoms with Crippen LogP contribution in [0.25, 0.3) is 0 Å². The summed E-state index contributed by atoms with van der Waals surface area (Å²) < 4.78 is 0. The largest absolute Gasteiger partial charge is 0.477 e. The van der Waals surface area contributed by atoms with E-state index in [1.807, 2.05) is 0 Å². The molecule has 3 N–H and O–H groups in total. The second-order valence-electron chi connectivity index (χ2n) is 1.02. The molecule has 0 atom stereocenters. The summed E-state index contributed by atoms with van der Waals surface area (Å²) in [5, 5.41) is 10.9. The Hall–Kier alpha value is -1.06.